The Bertz CT molecular complexity index is 442. The number of hydrogen-bond donors (Lipinski definition) is 2. The van der Waals surface area contributed by atoms with E-state index in [4.69, 9.17) is 27.7 Å². The van der Waals surface area contributed by atoms with E-state index < -0.39 is 18.8 Å². The van der Waals surface area contributed by atoms with Crippen molar-refractivity contribution in [2.24, 2.45) is 5.73 Å². The summed E-state index contributed by atoms with van der Waals surface area (Å²) in [7, 11) is 0. The average Bonchev–Trinajstić information content (AvgIpc) is 2.26. The zero-order valence-electron chi connectivity index (χ0n) is 8.18. The van der Waals surface area contributed by atoms with Gasteiger partial charge in [-0.05, 0) is 17.7 Å². The van der Waals surface area contributed by atoms with E-state index in [0.717, 1.165) is 0 Å². The van der Waals surface area contributed by atoms with Gasteiger partial charge < -0.3 is 15.6 Å². The third-order valence-electron chi connectivity index (χ3n) is 1.91. The van der Waals surface area contributed by atoms with E-state index in [1.165, 1.54) is 12.1 Å². The van der Waals surface area contributed by atoms with Gasteiger partial charge in [0, 0.05) is 0 Å². The molecule has 1 amide bonds. The van der Waals surface area contributed by atoms with Crippen molar-refractivity contribution in [2.75, 3.05) is 6.61 Å². The van der Waals surface area contributed by atoms with Gasteiger partial charge in [-0.1, -0.05) is 17.7 Å². The molecule has 0 fully saturated rings. The molecule has 0 aliphatic rings. The van der Waals surface area contributed by atoms with Crippen LogP contribution in [-0.2, 0) is 4.74 Å². The van der Waals surface area contributed by atoms with Crippen molar-refractivity contribution in [2.45, 2.75) is 6.10 Å². The predicted octanol–water partition coefficient (Wildman–Crippen LogP) is 1.34. The highest BCUT2D eigenvalue weighted by molar-refractivity contribution is 6.31. The van der Waals surface area contributed by atoms with Crippen molar-refractivity contribution in [3.05, 3.63) is 34.3 Å². The Morgan fingerprint density at radius 1 is 1.69 bits per heavy atom. The van der Waals surface area contributed by atoms with Gasteiger partial charge in [0.25, 0.3) is 0 Å². The lowest BCUT2D eigenvalue weighted by Gasteiger charge is -2.14. The number of amides is 1. The Morgan fingerprint density at radius 3 is 2.88 bits per heavy atom. The molecule has 0 heterocycles. The van der Waals surface area contributed by atoms with E-state index in [1.807, 2.05) is 6.07 Å². The second-order valence-corrected chi connectivity index (χ2v) is 3.37. The molecule has 84 valence electrons. The van der Waals surface area contributed by atoms with E-state index in [-0.39, 0.29) is 5.56 Å². The van der Waals surface area contributed by atoms with Crippen LogP contribution >= 0.6 is 11.6 Å². The first-order valence-corrected chi connectivity index (χ1v) is 4.72. The number of hydrogen-bond acceptors (Lipinski definition) is 4. The number of halogens is 1. The van der Waals surface area contributed by atoms with Crippen molar-refractivity contribution in [3.8, 4) is 6.07 Å². The fraction of sp³-hybridized carbons (Fsp3) is 0.200. The molecule has 3 N–H and O–H groups in total. The third-order valence-corrected chi connectivity index (χ3v) is 2.24. The summed E-state index contributed by atoms with van der Waals surface area (Å²) in [6.45, 7) is -0.421. The van der Waals surface area contributed by atoms with Crippen LogP contribution in [0, 0.1) is 11.3 Å². The van der Waals surface area contributed by atoms with Crippen LogP contribution in [0.25, 0.3) is 0 Å². The summed E-state index contributed by atoms with van der Waals surface area (Å²) in [6, 6.07) is 6.36. The topological polar surface area (TPSA) is 96.3 Å². The standard InChI is InChI=1S/C10H9ClN2O3/c11-8-2-1-6(3-7(8)4-12)9(5-14)16-10(13)15/h1-3,9,14H,5H2,(H2,13,15). The molecular weight excluding hydrogens is 232 g/mol. The Kier molecular flexibility index (Phi) is 4.11. The van der Waals surface area contributed by atoms with Crippen LogP contribution in [0.1, 0.15) is 17.2 Å². The summed E-state index contributed by atoms with van der Waals surface area (Å²) in [4.78, 5) is 10.6. The van der Waals surface area contributed by atoms with Crippen LogP contribution in [0.2, 0.25) is 5.02 Å². The Balaban J connectivity index is 3.02. The van der Waals surface area contributed by atoms with Crippen LogP contribution in [-0.4, -0.2) is 17.8 Å². The smallest absolute Gasteiger partial charge is 0.405 e. The maximum absolute atomic E-state index is 10.6. The molecule has 5 nitrogen and oxygen atoms in total. The minimum absolute atomic E-state index is 0.241. The molecule has 0 radical (unpaired) electrons. The molecule has 1 unspecified atom stereocenters. The molecule has 0 aliphatic heterocycles. The van der Waals surface area contributed by atoms with E-state index in [2.05, 4.69) is 4.74 Å². The first-order valence-electron chi connectivity index (χ1n) is 4.35. The number of nitrogens with zero attached hydrogens (tertiary/aromatic N) is 1. The van der Waals surface area contributed by atoms with Crippen molar-refractivity contribution in [1.82, 2.24) is 0 Å². The highest BCUT2D eigenvalue weighted by atomic mass is 35.5. The number of carbonyl (C=O) groups is 1. The first kappa shape index (κ1) is 12.3. The number of benzene rings is 1. The number of aliphatic hydroxyl groups is 1. The molecule has 1 aromatic carbocycles. The van der Waals surface area contributed by atoms with E-state index in [1.54, 1.807) is 6.07 Å². The summed E-state index contributed by atoms with van der Waals surface area (Å²) in [6.07, 6.45) is -1.88. The number of rotatable bonds is 3. The molecule has 1 aromatic rings. The average molecular weight is 241 g/mol. The normalized spacial score (nSPS) is 11.6. The maximum Gasteiger partial charge on any atom is 0.405 e. The Labute approximate surface area is 97.0 Å². The third kappa shape index (κ3) is 2.86. The molecule has 0 aliphatic carbocycles. The Morgan fingerprint density at radius 2 is 2.38 bits per heavy atom. The van der Waals surface area contributed by atoms with Crippen molar-refractivity contribution in [3.63, 3.8) is 0 Å². The molecule has 0 aromatic heterocycles. The van der Waals surface area contributed by atoms with Gasteiger partial charge in [0.1, 0.15) is 6.07 Å². The van der Waals surface area contributed by atoms with Gasteiger partial charge in [0.05, 0.1) is 17.2 Å². The molecule has 16 heavy (non-hydrogen) atoms. The fourth-order valence-corrected chi connectivity index (χ4v) is 1.34. The van der Waals surface area contributed by atoms with Crippen molar-refractivity contribution < 1.29 is 14.6 Å². The van der Waals surface area contributed by atoms with Gasteiger partial charge in [-0.2, -0.15) is 5.26 Å². The summed E-state index contributed by atoms with van der Waals surface area (Å²) < 4.78 is 4.66. The molecule has 1 rings (SSSR count). The number of nitrogens with two attached hydrogens (primary N) is 1. The SMILES string of the molecule is N#Cc1cc(C(CO)OC(N)=O)ccc1Cl. The first-order chi connectivity index (χ1) is 7.58. The zero-order valence-corrected chi connectivity index (χ0v) is 8.94. The predicted molar refractivity (Wildman–Crippen MR) is 56.7 cm³/mol. The van der Waals surface area contributed by atoms with E-state index in [0.29, 0.717) is 10.6 Å². The van der Waals surface area contributed by atoms with Crippen LogP contribution in [0.15, 0.2) is 18.2 Å². The Hall–Kier alpha value is -1.77. The number of nitriles is 1. The van der Waals surface area contributed by atoms with Crippen molar-refractivity contribution in [1.29, 1.82) is 5.26 Å². The quantitative estimate of drug-likeness (QED) is 0.833. The number of primary amides is 1. The lowest BCUT2D eigenvalue weighted by Crippen LogP contribution is -2.19. The largest absolute Gasteiger partial charge is 0.439 e. The fourth-order valence-electron chi connectivity index (χ4n) is 1.18. The van der Waals surface area contributed by atoms with Gasteiger partial charge >= 0.3 is 6.09 Å². The maximum atomic E-state index is 10.6. The number of aliphatic hydroxyl groups excluding tert-OH is 1. The van der Waals surface area contributed by atoms with Crippen molar-refractivity contribution >= 4 is 17.7 Å². The highest BCUT2D eigenvalue weighted by Crippen LogP contribution is 2.22. The summed E-state index contributed by atoms with van der Waals surface area (Å²) in [5.74, 6) is 0. The summed E-state index contributed by atoms with van der Waals surface area (Å²) in [5.41, 5.74) is 5.55. The van der Waals surface area contributed by atoms with Crippen LogP contribution < -0.4 is 5.73 Å². The van der Waals surface area contributed by atoms with Gasteiger partial charge in [0.15, 0.2) is 6.10 Å². The lowest BCUT2D eigenvalue weighted by atomic mass is 10.1. The molecule has 0 saturated heterocycles. The minimum Gasteiger partial charge on any atom is -0.439 e. The second kappa shape index (κ2) is 5.35. The van der Waals surface area contributed by atoms with Gasteiger partial charge in [-0.15, -0.1) is 0 Å². The molecular formula is C10H9ClN2O3. The molecule has 0 spiro atoms. The lowest BCUT2D eigenvalue weighted by molar-refractivity contribution is 0.0633. The molecule has 0 saturated carbocycles. The molecule has 1 atom stereocenters. The summed E-state index contributed by atoms with van der Waals surface area (Å²) >= 11 is 5.73. The minimum atomic E-state index is -0.993. The number of carbonyl (C=O) groups excluding carboxylic acids is 1. The highest BCUT2D eigenvalue weighted by Gasteiger charge is 2.15. The van der Waals surface area contributed by atoms with Crippen LogP contribution in [0.3, 0.4) is 0 Å². The van der Waals surface area contributed by atoms with Gasteiger partial charge in [-0.25, -0.2) is 4.79 Å². The van der Waals surface area contributed by atoms with E-state index in [9.17, 15) is 4.79 Å². The molecule has 6 heteroatoms. The second-order valence-electron chi connectivity index (χ2n) is 2.96. The number of ether oxygens (including phenoxy) is 1. The van der Waals surface area contributed by atoms with Gasteiger partial charge in [-0.3, -0.25) is 0 Å². The van der Waals surface area contributed by atoms with Crippen LogP contribution in [0.4, 0.5) is 4.79 Å². The summed E-state index contributed by atoms with van der Waals surface area (Å²) in [5, 5.41) is 18.1. The van der Waals surface area contributed by atoms with E-state index >= 15 is 0 Å². The van der Waals surface area contributed by atoms with Crippen LogP contribution in [0.5, 0.6) is 0 Å². The van der Waals surface area contributed by atoms with Gasteiger partial charge in [0.2, 0.25) is 0 Å². The molecule has 0 bridgehead atoms. The zero-order chi connectivity index (χ0) is 12.1. The monoisotopic (exact) mass is 240 g/mol.